The summed E-state index contributed by atoms with van der Waals surface area (Å²) in [7, 11) is 1.35. The molecule has 134 valence electrons. The molecule has 3 rings (SSSR count). The van der Waals surface area contributed by atoms with Crippen LogP contribution in [0.4, 0.5) is 0 Å². The van der Waals surface area contributed by atoms with Gasteiger partial charge in [0.1, 0.15) is 0 Å². The minimum atomic E-state index is -0.376. The Labute approximate surface area is 151 Å². The predicted molar refractivity (Wildman–Crippen MR) is 95.1 cm³/mol. The number of esters is 1. The maximum absolute atomic E-state index is 11.5. The quantitative estimate of drug-likeness (QED) is 0.605. The van der Waals surface area contributed by atoms with Crippen LogP contribution in [0.5, 0.6) is 0 Å². The molecule has 2 aromatic heterocycles. The number of ether oxygens (including phenoxy) is 1. The zero-order valence-electron chi connectivity index (χ0n) is 14.8. The number of hydrogen-bond acceptors (Lipinski definition) is 7. The van der Waals surface area contributed by atoms with E-state index in [1.165, 1.54) is 7.11 Å². The SMILES string of the molecule is CCN(Cc1ccccn1)Cc1nc(-c2ccc(C(=O)OC)cc2)no1. The first-order chi connectivity index (χ1) is 12.7. The van der Waals surface area contributed by atoms with Crippen molar-refractivity contribution in [3.05, 3.63) is 65.8 Å². The van der Waals surface area contributed by atoms with Gasteiger partial charge in [0.15, 0.2) is 0 Å². The average molecular weight is 352 g/mol. The molecular weight excluding hydrogens is 332 g/mol. The second kappa shape index (κ2) is 8.35. The molecule has 0 atom stereocenters. The smallest absolute Gasteiger partial charge is 0.337 e. The summed E-state index contributed by atoms with van der Waals surface area (Å²) in [5.74, 6) is 0.651. The van der Waals surface area contributed by atoms with E-state index in [-0.39, 0.29) is 5.97 Å². The Hall–Kier alpha value is -3.06. The third kappa shape index (κ3) is 4.31. The molecule has 0 aliphatic carbocycles. The van der Waals surface area contributed by atoms with Crippen molar-refractivity contribution in [1.29, 1.82) is 0 Å². The molecule has 2 heterocycles. The van der Waals surface area contributed by atoms with Gasteiger partial charge < -0.3 is 9.26 Å². The number of aromatic nitrogens is 3. The highest BCUT2D eigenvalue weighted by atomic mass is 16.5. The van der Waals surface area contributed by atoms with Crippen molar-refractivity contribution in [2.24, 2.45) is 0 Å². The fraction of sp³-hybridized carbons (Fsp3) is 0.263. The fourth-order valence-corrected chi connectivity index (χ4v) is 2.50. The molecule has 3 aromatic rings. The van der Waals surface area contributed by atoms with Crippen molar-refractivity contribution < 1.29 is 14.1 Å². The fourth-order valence-electron chi connectivity index (χ4n) is 2.50. The maximum atomic E-state index is 11.5. The second-order valence-corrected chi connectivity index (χ2v) is 5.71. The standard InChI is InChI=1S/C19H20N4O3/c1-3-23(12-16-6-4-5-11-20-16)13-17-21-18(22-26-17)14-7-9-15(10-8-14)19(24)25-2/h4-11H,3,12-13H2,1-2H3. The predicted octanol–water partition coefficient (Wildman–Crippen LogP) is 2.94. The zero-order chi connectivity index (χ0) is 18.4. The van der Waals surface area contributed by atoms with Gasteiger partial charge in [-0.3, -0.25) is 9.88 Å². The molecule has 7 heteroatoms. The molecule has 0 saturated carbocycles. The molecule has 0 saturated heterocycles. The van der Waals surface area contributed by atoms with Crippen LogP contribution < -0.4 is 0 Å². The van der Waals surface area contributed by atoms with Crippen LogP contribution in [-0.4, -0.2) is 39.6 Å². The molecule has 7 nitrogen and oxygen atoms in total. The molecule has 0 fully saturated rings. The van der Waals surface area contributed by atoms with Gasteiger partial charge in [0.05, 0.1) is 24.9 Å². The summed E-state index contributed by atoms with van der Waals surface area (Å²) in [5.41, 5.74) is 2.25. The number of benzene rings is 1. The van der Waals surface area contributed by atoms with Gasteiger partial charge in [0, 0.05) is 18.3 Å². The largest absolute Gasteiger partial charge is 0.465 e. The Morgan fingerprint density at radius 2 is 1.96 bits per heavy atom. The summed E-state index contributed by atoms with van der Waals surface area (Å²) >= 11 is 0. The van der Waals surface area contributed by atoms with Crippen LogP contribution in [0.3, 0.4) is 0 Å². The molecule has 0 unspecified atom stereocenters. The Kier molecular flexibility index (Phi) is 5.70. The van der Waals surface area contributed by atoms with E-state index < -0.39 is 0 Å². The first kappa shape index (κ1) is 17.8. The lowest BCUT2D eigenvalue weighted by molar-refractivity contribution is 0.0601. The minimum absolute atomic E-state index is 0.376. The average Bonchev–Trinajstić information content (AvgIpc) is 3.16. The third-order valence-corrected chi connectivity index (χ3v) is 3.95. The monoisotopic (exact) mass is 352 g/mol. The van der Waals surface area contributed by atoms with Crippen molar-refractivity contribution in [2.75, 3.05) is 13.7 Å². The Balaban J connectivity index is 1.68. The topological polar surface area (TPSA) is 81.4 Å². The molecule has 0 amide bonds. The lowest BCUT2D eigenvalue weighted by atomic mass is 10.1. The van der Waals surface area contributed by atoms with Gasteiger partial charge in [0.25, 0.3) is 0 Å². The van der Waals surface area contributed by atoms with Crippen molar-refractivity contribution in [2.45, 2.75) is 20.0 Å². The van der Waals surface area contributed by atoms with Crippen molar-refractivity contribution in [3.8, 4) is 11.4 Å². The van der Waals surface area contributed by atoms with E-state index in [4.69, 9.17) is 9.26 Å². The van der Waals surface area contributed by atoms with Crippen LogP contribution in [0.25, 0.3) is 11.4 Å². The number of carbonyl (C=O) groups excluding carboxylic acids is 1. The Bertz CT molecular complexity index is 847. The van der Waals surface area contributed by atoms with Crippen LogP contribution >= 0.6 is 0 Å². The van der Waals surface area contributed by atoms with Crippen LogP contribution in [0.15, 0.2) is 53.2 Å². The molecule has 0 N–H and O–H groups in total. The summed E-state index contributed by atoms with van der Waals surface area (Å²) in [6.07, 6.45) is 1.78. The van der Waals surface area contributed by atoms with Gasteiger partial charge in [-0.05, 0) is 30.8 Å². The first-order valence-corrected chi connectivity index (χ1v) is 8.33. The van der Waals surface area contributed by atoms with Gasteiger partial charge in [-0.15, -0.1) is 0 Å². The lowest BCUT2D eigenvalue weighted by Gasteiger charge is -2.17. The number of hydrogen-bond donors (Lipinski definition) is 0. The summed E-state index contributed by atoms with van der Waals surface area (Å²) in [4.78, 5) is 22.4. The molecule has 0 bridgehead atoms. The number of methoxy groups -OCH3 is 1. The van der Waals surface area contributed by atoms with E-state index in [0.29, 0.717) is 30.4 Å². The van der Waals surface area contributed by atoms with Crippen LogP contribution in [0.1, 0.15) is 28.9 Å². The van der Waals surface area contributed by atoms with Gasteiger partial charge in [-0.1, -0.05) is 30.3 Å². The van der Waals surface area contributed by atoms with Gasteiger partial charge in [-0.2, -0.15) is 4.98 Å². The Morgan fingerprint density at radius 1 is 1.15 bits per heavy atom. The molecule has 0 spiro atoms. The maximum Gasteiger partial charge on any atom is 0.337 e. The zero-order valence-corrected chi connectivity index (χ0v) is 14.8. The van der Waals surface area contributed by atoms with E-state index in [1.807, 2.05) is 18.2 Å². The summed E-state index contributed by atoms with van der Waals surface area (Å²) in [6.45, 7) is 4.16. The molecule has 26 heavy (non-hydrogen) atoms. The number of carbonyl (C=O) groups is 1. The molecule has 0 aliphatic heterocycles. The molecule has 0 aliphatic rings. The summed E-state index contributed by atoms with van der Waals surface area (Å²) in [6, 6.07) is 12.8. The number of pyridine rings is 1. The Morgan fingerprint density at radius 3 is 2.62 bits per heavy atom. The van der Waals surface area contributed by atoms with E-state index in [9.17, 15) is 4.79 Å². The van der Waals surface area contributed by atoms with E-state index >= 15 is 0 Å². The second-order valence-electron chi connectivity index (χ2n) is 5.71. The van der Waals surface area contributed by atoms with E-state index in [1.54, 1.807) is 30.5 Å². The van der Waals surface area contributed by atoms with Crippen LogP contribution in [0.2, 0.25) is 0 Å². The van der Waals surface area contributed by atoms with Crippen molar-refractivity contribution in [3.63, 3.8) is 0 Å². The number of rotatable bonds is 7. The number of nitrogens with zero attached hydrogens (tertiary/aromatic N) is 4. The molecular formula is C19H20N4O3. The van der Waals surface area contributed by atoms with Gasteiger partial charge in [-0.25, -0.2) is 4.79 Å². The lowest BCUT2D eigenvalue weighted by Crippen LogP contribution is -2.23. The minimum Gasteiger partial charge on any atom is -0.465 e. The first-order valence-electron chi connectivity index (χ1n) is 8.33. The van der Waals surface area contributed by atoms with Crippen LogP contribution in [-0.2, 0) is 17.8 Å². The normalized spacial score (nSPS) is 10.9. The highest BCUT2D eigenvalue weighted by Crippen LogP contribution is 2.18. The molecule has 1 aromatic carbocycles. The van der Waals surface area contributed by atoms with Crippen molar-refractivity contribution in [1.82, 2.24) is 20.0 Å². The highest BCUT2D eigenvalue weighted by Gasteiger charge is 2.14. The molecule has 0 radical (unpaired) electrons. The summed E-state index contributed by atoms with van der Waals surface area (Å²) in [5, 5.41) is 4.03. The highest BCUT2D eigenvalue weighted by molar-refractivity contribution is 5.89. The summed E-state index contributed by atoms with van der Waals surface area (Å²) < 4.78 is 10.1. The third-order valence-electron chi connectivity index (χ3n) is 3.95. The van der Waals surface area contributed by atoms with E-state index in [2.05, 4.69) is 26.9 Å². The van der Waals surface area contributed by atoms with Gasteiger partial charge in [0.2, 0.25) is 11.7 Å². The van der Waals surface area contributed by atoms with E-state index in [0.717, 1.165) is 17.8 Å². The van der Waals surface area contributed by atoms with Crippen molar-refractivity contribution >= 4 is 5.97 Å². The van der Waals surface area contributed by atoms with Crippen LogP contribution in [0, 0.1) is 0 Å². The van der Waals surface area contributed by atoms with Gasteiger partial charge >= 0.3 is 5.97 Å².